The van der Waals surface area contributed by atoms with Crippen LogP contribution in [0.5, 0.6) is 0 Å². The Hall–Kier alpha value is -2.07. The topological polar surface area (TPSA) is 99.6 Å². The molecular weight excluding hydrogens is 500 g/mol. The SMILES string of the molecule is CN(C)CCCC1(c2ccc(F)cc2)OCc2cc(C#N)ccc21.NCCCP(=O)(O)CC1CCCCC1. The predicted molar refractivity (Wildman–Crippen MR) is 151 cm³/mol. The zero-order valence-corrected chi connectivity index (χ0v) is 23.8. The van der Waals surface area contributed by atoms with Crippen LogP contribution in [0.3, 0.4) is 0 Å². The summed E-state index contributed by atoms with van der Waals surface area (Å²) in [6.45, 7) is 1.96. The van der Waals surface area contributed by atoms with Crippen molar-refractivity contribution in [2.75, 3.05) is 39.5 Å². The van der Waals surface area contributed by atoms with Gasteiger partial charge in [-0.3, -0.25) is 4.57 Å². The number of nitrogens with two attached hydrogens (primary N) is 1. The van der Waals surface area contributed by atoms with Crippen LogP contribution in [0.15, 0.2) is 42.5 Å². The Morgan fingerprint density at radius 3 is 2.50 bits per heavy atom. The first-order valence-corrected chi connectivity index (χ1v) is 15.8. The van der Waals surface area contributed by atoms with Crippen LogP contribution < -0.4 is 5.73 Å². The van der Waals surface area contributed by atoms with Crippen LogP contribution in [-0.4, -0.2) is 49.3 Å². The number of fused-ring (bicyclic) bond motifs is 1. The number of nitrogens with zero attached hydrogens (tertiary/aromatic N) is 2. The van der Waals surface area contributed by atoms with E-state index in [1.54, 1.807) is 12.1 Å². The van der Waals surface area contributed by atoms with Gasteiger partial charge in [-0.05, 0) is 106 Å². The third kappa shape index (κ3) is 8.46. The molecule has 4 rings (SSSR count). The smallest absolute Gasteiger partial charge is 0.200 e. The molecule has 0 aromatic heterocycles. The highest BCUT2D eigenvalue weighted by Crippen LogP contribution is 2.46. The fourth-order valence-corrected chi connectivity index (χ4v) is 7.64. The fraction of sp³-hybridized carbons (Fsp3) is 0.567. The van der Waals surface area contributed by atoms with Gasteiger partial charge in [0.05, 0.1) is 18.2 Å². The number of hydrogen-bond acceptors (Lipinski definition) is 5. The van der Waals surface area contributed by atoms with Gasteiger partial charge >= 0.3 is 0 Å². The maximum Gasteiger partial charge on any atom is 0.200 e. The molecule has 1 aliphatic heterocycles. The van der Waals surface area contributed by atoms with Gasteiger partial charge in [0.2, 0.25) is 7.37 Å². The number of halogens is 1. The van der Waals surface area contributed by atoms with E-state index in [9.17, 15) is 13.8 Å². The van der Waals surface area contributed by atoms with E-state index in [4.69, 9.17) is 15.7 Å². The molecule has 1 aliphatic carbocycles. The van der Waals surface area contributed by atoms with Crippen LogP contribution in [0.4, 0.5) is 4.39 Å². The van der Waals surface area contributed by atoms with Gasteiger partial charge in [-0.25, -0.2) is 4.39 Å². The molecule has 0 saturated heterocycles. The highest BCUT2D eigenvalue weighted by Gasteiger charge is 2.41. The first kappa shape index (κ1) is 30.5. The molecule has 2 aromatic carbocycles. The van der Waals surface area contributed by atoms with Gasteiger partial charge in [-0.15, -0.1) is 0 Å². The number of rotatable bonds is 10. The second kappa shape index (κ2) is 14.4. The van der Waals surface area contributed by atoms with Gasteiger partial charge in [0.1, 0.15) is 11.4 Å². The van der Waals surface area contributed by atoms with E-state index in [0.717, 1.165) is 48.9 Å². The molecule has 8 heteroatoms. The van der Waals surface area contributed by atoms with Crippen LogP contribution >= 0.6 is 7.37 Å². The van der Waals surface area contributed by atoms with Crippen molar-refractivity contribution < 1.29 is 18.6 Å². The van der Waals surface area contributed by atoms with Crippen LogP contribution in [0.1, 0.15) is 73.6 Å². The summed E-state index contributed by atoms with van der Waals surface area (Å²) in [5.41, 5.74) is 8.51. The van der Waals surface area contributed by atoms with E-state index < -0.39 is 13.0 Å². The van der Waals surface area contributed by atoms with Crippen molar-refractivity contribution in [3.05, 3.63) is 70.5 Å². The minimum atomic E-state index is -2.86. The van der Waals surface area contributed by atoms with E-state index in [0.29, 0.717) is 43.4 Å². The summed E-state index contributed by atoms with van der Waals surface area (Å²) >= 11 is 0. The summed E-state index contributed by atoms with van der Waals surface area (Å²) in [6, 6.07) is 14.5. The zero-order valence-electron chi connectivity index (χ0n) is 22.9. The van der Waals surface area contributed by atoms with Crippen molar-refractivity contribution in [1.29, 1.82) is 5.26 Å². The lowest BCUT2D eigenvalue weighted by molar-refractivity contribution is -0.0140. The average molecular weight is 544 g/mol. The van der Waals surface area contributed by atoms with Crippen molar-refractivity contribution in [3.63, 3.8) is 0 Å². The molecule has 3 N–H and O–H groups in total. The van der Waals surface area contributed by atoms with Crippen LogP contribution in [0.25, 0.3) is 0 Å². The number of nitriles is 1. The minimum absolute atomic E-state index is 0.250. The first-order chi connectivity index (χ1) is 18.2. The molecule has 1 saturated carbocycles. The quantitative estimate of drug-likeness (QED) is 0.357. The molecule has 208 valence electrons. The molecule has 0 bridgehead atoms. The molecule has 2 atom stereocenters. The third-order valence-corrected chi connectivity index (χ3v) is 9.67. The van der Waals surface area contributed by atoms with Crippen molar-refractivity contribution >= 4 is 7.37 Å². The zero-order chi connectivity index (χ0) is 27.6. The third-order valence-electron chi connectivity index (χ3n) is 7.57. The van der Waals surface area contributed by atoms with Gasteiger partial charge in [-0.1, -0.05) is 37.5 Å². The average Bonchev–Trinajstić information content (AvgIpc) is 3.27. The minimum Gasteiger partial charge on any atom is -0.361 e. The van der Waals surface area contributed by atoms with Gasteiger partial charge < -0.3 is 20.3 Å². The van der Waals surface area contributed by atoms with Crippen molar-refractivity contribution in [2.45, 2.75) is 63.6 Å². The lowest BCUT2D eigenvalue weighted by Gasteiger charge is -2.31. The summed E-state index contributed by atoms with van der Waals surface area (Å²) in [6.07, 6.45) is 9.48. The maximum absolute atomic E-state index is 13.4. The molecule has 0 amide bonds. The van der Waals surface area contributed by atoms with Crippen LogP contribution in [-0.2, 0) is 21.5 Å². The molecule has 1 fully saturated rings. The second-order valence-corrected chi connectivity index (χ2v) is 13.4. The molecule has 2 unspecified atom stereocenters. The first-order valence-electron chi connectivity index (χ1n) is 13.8. The standard InChI is InChI=1S/C20H21FN2O.C10H22NO2P/c1-23(2)11-3-10-20(17-5-7-18(21)8-6-17)19-9-4-15(13-22)12-16(19)14-24-20;11-7-4-8-14(12,13)9-10-5-2-1-3-6-10/h4-9,12H,3,10-11,14H2,1-2H3;10H,1-9,11H2,(H,12,13). The molecule has 0 radical (unpaired) electrons. The molecule has 6 nitrogen and oxygen atoms in total. The molecule has 0 spiro atoms. The normalized spacial score (nSPS) is 20.8. The fourth-order valence-electron chi connectivity index (χ4n) is 5.61. The van der Waals surface area contributed by atoms with E-state index in [1.807, 2.05) is 32.3 Å². The highest BCUT2D eigenvalue weighted by molar-refractivity contribution is 7.58. The van der Waals surface area contributed by atoms with E-state index >= 15 is 0 Å². The van der Waals surface area contributed by atoms with E-state index in [2.05, 4.69) is 11.0 Å². The monoisotopic (exact) mass is 543 g/mol. The van der Waals surface area contributed by atoms with Crippen molar-refractivity contribution in [3.8, 4) is 6.07 Å². The summed E-state index contributed by atoms with van der Waals surface area (Å²) < 4.78 is 31.4. The van der Waals surface area contributed by atoms with Crippen LogP contribution in [0.2, 0.25) is 0 Å². The van der Waals surface area contributed by atoms with Gasteiger partial charge in [0, 0.05) is 12.3 Å². The van der Waals surface area contributed by atoms with E-state index in [-0.39, 0.29) is 5.82 Å². The molecule has 1 heterocycles. The van der Waals surface area contributed by atoms with Gasteiger partial charge in [0.15, 0.2) is 0 Å². The Morgan fingerprint density at radius 2 is 1.87 bits per heavy atom. The molecule has 2 aromatic rings. The highest BCUT2D eigenvalue weighted by atomic mass is 31.2. The lowest BCUT2D eigenvalue weighted by Crippen LogP contribution is -2.28. The van der Waals surface area contributed by atoms with Crippen LogP contribution in [0, 0.1) is 23.1 Å². The molecule has 38 heavy (non-hydrogen) atoms. The lowest BCUT2D eigenvalue weighted by atomic mass is 9.81. The Bertz CT molecular complexity index is 1110. The second-order valence-electron chi connectivity index (χ2n) is 10.9. The summed E-state index contributed by atoms with van der Waals surface area (Å²) in [5, 5.41) is 9.11. The largest absolute Gasteiger partial charge is 0.361 e. The van der Waals surface area contributed by atoms with E-state index in [1.165, 1.54) is 31.4 Å². The van der Waals surface area contributed by atoms with Gasteiger partial charge in [0.25, 0.3) is 0 Å². The van der Waals surface area contributed by atoms with Crippen molar-refractivity contribution in [1.82, 2.24) is 4.90 Å². The number of hydrogen-bond donors (Lipinski definition) is 2. The summed E-state index contributed by atoms with van der Waals surface area (Å²) in [7, 11) is 1.24. The predicted octanol–water partition coefficient (Wildman–Crippen LogP) is 6.00. The summed E-state index contributed by atoms with van der Waals surface area (Å²) in [5.74, 6) is 0.248. The summed E-state index contributed by atoms with van der Waals surface area (Å²) in [4.78, 5) is 11.8. The Balaban J connectivity index is 0.000000244. The van der Waals surface area contributed by atoms with Gasteiger partial charge in [-0.2, -0.15) is 5.26 Å². The Labute approximate surface area is 227 Å². The Kier molecular flexibility index (Phi) is 11.5. The maximum atomic E-state index is 13.4. The van der Waals surface area contributed by atoms with Crippen molar-refractivity contribution in [2.24, 2.45) is 11.7 Å². The molecular formula is C30H43FN3O3P. The Morgan fingerprint density at radius 1 is 1.16 bits per heavy atom. The molecule has 2 aliphatic rings. The number of benzene rings is 2. The number of ether oxygens (including phenoxy) is 1.